The third-order valence-corrected chi connectivity index (χ3v) is 2.10. The van der Waals surface area contributed by atoms with Crippen molar-refractivity contribution in [2.24, 2.45) is 0 Å². The average Bonchev–Trinajstić information content (AvgIpc) is 2.15. The number of anilines is 1. The van der Waals surface area contributed by atoms with Crippen molar-refractivity contribution in [2.75, 3.05) is 5.32 Å². The summed E-state index contributed by atoms with van der Waals surface area (Å²) in [4.78, 5) is 10.5. The molecule has 0 fully saturated rings. The molecule has 3 N–H and O–H groups in total. The van der Waals surface area contributed by atoms with Crippen LogP contribution >= 0.6 is 28.1 Å². The van der Waals surface area contributed by atoms with E-state index in [0.29, 0.717) is 5.11 Å². The molecule has 1 rings (SSSR count). The number of benzene rings is 1. The number of hydrazine groups is 1. The van der Waals surface area contributed by atoms with E-state index in [2.05, 4.69) is 39.0 Å². The summed E-state index contributed by atoms with van der Waals surface area (Å²) in [6.45, 7) is 3.12. The molecule has 0 spiro atoms. The number of hydrogen-bond donors (Lipinski definition) is 3. The number of thiocarbonyl (C=S) groups is 1. The van der Waals surface area contributed by atoms with E-state index >= 15 is 0 Å². The Bertz CT molecular complexity index is 383. The molecule has 0 saturated carbocycles. The number of hydrogen-bond acceptors (Lipinski definition) is 2. The highest BCUT2D eigenvalue weighted by atomic mass is 79.9. The molecule has 0 aliphatic heterocycles. The Morgan fingerprint density at radius 2 is 2.13 bits per heavy atom. The Morgan fingerprint density at radius 1 is 1.40 bits per heavy atom. The second-order valence-electron chi connectivity index (χ2n) is 2.64. The van der Waals surface area contributed by atoms with Gasteiger partial charge < -0.3 is 5.32 Å². The van der Waals surface area contributed by atoms with E-state index in [4.69, 9.17) is 12.2 Å². The van der Waals surface area contributed by atoms with Crippen LogP contribution in [-0.2, 0) is 4.79 Å². The Kier molecular flexibility index (Phi) is 4.51. The number of carbonyl (C=O) groups excluding carboxylic acids is 1. The first kappa shape index (κ1) is 11.9. The highest BCUT2D eigenvalue weighted by Crippen LogP contribution is 2.15. The molecule has 0 atom stereocenters. The molecule has 0 aromatic heterocycles. The fourth-order valence-corrected chi connectivity index (χ4v) is 1.42. The molecular weight excluding hydrogens is 278 g/mol. The van der Waals surface area contributed by atoms with Crippen LogP contribution in [0.5, 0.6) is 0 Å². The summed E-state index contributed by atoms with van der Waals surface area (Å²) in [7, 11) is 0. The van der Waals surface area contributed by atoms with Crippen molar-refractivity contribution in [3.8, 4) is 0 Å². The standard InChI is InChI=1S/C9H9BrN3OS/c1-6(14)12-13-9(15)11-8-4-2-3-7(10)5-8/h2-5H,1H2,(H,12,14)(H2,11,13,15). The Hall–Kier alpha value is -1.14. The Morgan fingerprint density at radius 3 is 2.73 bits per heavy atom. The highest BCUT2D eigenvalue weighted by molar-refractivity contribution is 9.10. The van der Waals surface area contributed by atoms with Gasteiger partial charge in [-0.2, -0.15) is 0 Å². The molecule has 0 unspecified atom stereocenters. The smallest absolute Gasteiger partial charge is 0.238 e. The van der Waals surface area contributed by atoms with Gasteiger partial charge in [-0.15, -0.1) is 0 Å². The second-order valence-corrected chi connectivity index (χ2v) is 3.96. The molecule has 0 heterocycles. The molecular formula is C9H9BrN3OS. The van der Waals surface area contributed by atoms with Gasteiger partial charge in [0.15, 0.2) is 5.11 Å². The summed E-state index contributed by atoms with van der Waals surface area (Å²) in [6, 6.07) is 7.49. The van der Waals surface area contributed by atoms with E-state index in [1.165, 1.54) is 0 Å². The minimum absolute atomic E-state index is 0.296. The van der Waals surface area contributed by atoms with Gasteiger partial charge in [-0.3, -0.25) is 15.6 Å². The van der Waals surface area contributed by atoms with Gasteiger partial charge in [-0.1, -0.05) is 22.0 Å². The predicted octanol–water partition coefficient (Wildman–Crippen LogP) is 1.60. The first-order valence-electron chi connectivity index (χ1n) is 4.02. The summed E-state index contributed by atoms with van der Waals surface area (Å²) >= 11 is 8.25. The van der Waals surface area contributed by atoms with Crippen LogP contribution < -0.4 is 16.2 Å². The van der Waals surface area contributed by atoms with Crippen molar-refractivity contribution < 1.29 is 4.79 Å². The minimum Gasteiger partial charge on any atom is -0.331 e. The van der Waals surface area contributed by atoms with E-state index < -0.39 is 5.91 Å². The second kappa shape index (κ2) is 5.67. The third kappa shape index (κ3) is 4.75. The van der Waals surface area contributed by atoms with E-state index in [9.17, 15) is 4.79 Å². The third-order valence-electron chi connectivity index (χ3n) is 1.40. The Balaban J connectivity index is 2.48. The fraction of sp³-hybridized carbons (Fsp3) is 0. The lowest BCUT2D eigenvalue weighted by molar-refractivity contribution is -0.117. The molecule has 4 nitrogen and oxygen atoms in total. The lowest BCUT2D eigenvalue weighted by Crippen LogP contribution is -2.42. The minimum atomic E-state index is -0.451. The largest absolute Gasteiger partial charge is 0.331 e. The molecule has 1 amide bonds. The molecule has 0 aliphatic rings. The zero-order chi connectivity index (χ0) is 11.3. The van der Waals surface area contributed by atoms with Crippen LogP contribution in [0.4, 0.5) is 5.69 Å². The first-order valence-corrected chi connectivity index (χ1v) is 5.22. The van der Waals surface area contributed by atoms with Crippen molar-refractivity contribution >= 4 is 44.9 Å². The van der Waals surface area contributed by atoms with Crippen molar-refractivity contribution in [1.82, 2.24) is 10.9 Å². The summed E-state index contributed by atoms with van der Waals surface area (Å²) in [5.41, 5.74) is 5.58. The first-order chi connectivity index (χ1) is 7.08. The highest BCUT2D eigenvalue weighted by Gasteiger charge is 1.97. The number of halogens is 1. The molecule has 0 aliphatic carbocycles. The van der Waals surface area contributed by atoms with Crippen molar-refractivity contribution in [2.45, 2.75) is 0 Å². The monoisotopic (exact) mass is 286 g/mol. The van der Waals surface area contributed by atoms with Gasteiger partial charge in [0.05, 0.1) is 0 Å². The molecule has 0 bridgehead atoms. The van der Waals surface area contributed by atoms with Crippen LogP contribution in [0.15, 0.2) is 28.7 Å². The molecule has 1 radical (unpaired) electrons. The van der Waals surface area contributed by atoms with Gasteiger partial charge >= 0.3 is 0 Å². The zero-order valence-electron chi connectivity index (χ0n) is 7.71. The topological polar surface area (TPSA) is 53.2 Å². The van der Waals surface area contributed by atoms with Gasteiger partial charge in [0.1, 0.15) is 0 Å². The molecule has 79 valence electrons. The molecule has 15 heavy (non-hydrogen) atoms. The van der Waals surface area contributed by atoms with Gasteiger partial charge in [0, 0.05) is 17.1 Å². The predicted molar refractivity (Wildman–Crippen MR) is 67.0 cm³/mol. The quantitative estimate of drug-likeness (QED) is 0.542. The summed E-state index contributed by atoms with van der Waals surface area (Å²) in [5.74, 6) is -0.451. The van der Waals surface area contributed by atoms with Crippen LogP contribution in [0.2, 0.25) is 0 Å². The van der Waals surface area contributed by atoms with Gasteiger partial charge in [0.25, 0.3) is 0 Å². The summed E-state index contributed by atoms with van der Waals surface area (Å²) in [5, 5.41) is 3.18. The van der Waals surface area contributed by atoms with E-state index in [0.717, 1.165) is 10.2 Å². The normalized spacial score (nSPS) is 9.20. The summed E-state index contributed by atoms with van der Waals surface area (Å²) < 4.78 is 0.941. The maximum Gasteiger partial charge on any atom is 0.238 e. The maximum absolute atomic E-state index is 10.5. The van der Waals surface area contributed by atoms with Crippen molar-refractivity contribution in [1.29, 1.82) is 0 Å². The maximum atomic E-state index is 10.5. The lowest BCUT2D eigenvalue weighted by Gasteiger charge is -2.10. The molecule has 1 aromatic carbocycles. The summed E-state index contributed by atoms with van der Waals surface area (Å²) in [6.07, 6.45) is 0. The van der Waals surface area contributed by atoms with Gasteiger partial charge in [-0.25, -0.2) is 0 Å². The van der Waals surface area contributed by atoms with Crippen molar-refractivity contribution in [3.05, 3.63) is 35.7 Å². The van der Waals surface area contributed by atoms with Crippen LogP contribution in [0.3, 0.4) is 0 Å². The zero-order valence-corrected chi connectivity index (χ0v) is 10.1. The van der Waals surface area contributed by atoms with Gasteiger partial charge in [-0.05, 0) is 30.4 Å². The number of nitrogens with one attached hydrogen (secondary N) is 3. The van der Waals surface area contributed by atoms with Crippen LogP contribution in [0.1, 0.15) is 0 Å². The number of carbonyl (C=O) groups is 1. The lowest BCUT2D eigenvalue weighted by atomic mass is 10.3. The number of rotatable bonds is 1. The van der Waals surface area contributed by atoms with Gasteiger partial charge in [0.2, 0.25) is 5.91 Å². The Labute approximate surface area is 102 Å². The van der Waals surface area contributed by atoms with Crippen LogP contribution in [-0.4, -0.2) is 11.0 Å². The van der Waals surface area contributed by atoms with E-state index in [-0.39, 0.29) is 0 Å². The SMILES string of the molecule is [CH2]C(=O)NNC(=S)Nc1cccc(Br)c1. The molecule has 0 saturated heterocycles. The van der Waals surface area contributed by atoms with Crippen molar-refractivity contribution in [3.63, 3.8) is 0 Å². The average molecular weight is 287 g/mol. The van der Waals surface area contributed by atoms with Crippen LogP contribution in [0, 0.1) is 6.92 Å². The van der Waals surface area contributed by atoms with E-state index in [1.807, 2.05) is 24.3 Å². The molecule has 1 aromatic rings. The van der Waals surface area contributed by atoms with E-state index in [1.54, 1.807) is 0 Å². The van der Waals surface area contributed by atoms with Crippen LogP contribution in [0.25, 0.3) is 0 Å². The number of amides is 1. The fourth-order valence-electron chi connectivity index (χ4n) is 0.855. The molecule has 6 heteroatoms.